The number of hydrogen-bond donors (Lipinski definition) is 2. The Morgan fingerprint density at radius 1 is 1.48 bits per heavy atom. The maximum atomic E-state index is 13.4. The summed E-state index contributed by atoms with van der Waals surface area (Å²) in [5.41, 5.74) is 1.18. The Hall–Kier alpha value is -2.21. The molecule has 0 saturated carbocycles. The van der Waals surface area contributed by atoms with Crippen LogP contribution in [0, 0.1) is 5.82 Å². The number of nitrogens with one attached hydrogen (secondary N) is 2. The summed E-state index contributed by atoms with van der Waals surface area (Å²) in [6, 6.07) is 6.07. The molecule has 1 unspecified atom stereocenters. The van der Waals surface area contributed by atoms with Crippen LogP contribution in [0.25, 0.3) is 11.3 Å². The van der Waals surface area contributed by atoms with Crippen LogP contribution in [0.4, 0.5) is 4.39 Å². The van der Waals surface area contributed by atoms with E-state index >= 15 is 0 Å². The summed E-state index contributed by atoms with van der Waals surface area (Å²) in [6.07, 6.45) is 4.55. The average Bonchev–Trinajstić information content (AvgIpc) is 3.03. The molecule has 0 radical (unpaired) electrons. The maximum Gasteiger partial charge on any atom is 0.255 e. The summed E-state index contributed by atoms with van der Waals surface area (Å²) in [5.74, 6) is -0.597. The molecule has 3 rings (SSSR count). The Morgan fingerprint density at radius 3 is 3.09 bits per heavy atom. The van der Waals surface area contributed by atoms with Gasteiger partial charge in [-0.2, -0.15) is 5.10 Å². The van der Waals surface area contributed by atoms with Crippen molar-refractivity contribution in [2.45, 2.75) is 31.8 Å². The molecule has 1 aliphatic rings. The summed E-state index contributed by atoms with van der Waals surface area (Å²) in [7, 11) is 0. The van der Waals surface area contributed by atoms with E-state index in [1.165, 1.54) is 18.3 Å². The van der Waals surface area contributed by atoms with Gasteiger partial charge in [-0.15, -0.1) is 0 Å². The Bertz CT molecular complexity index is 693. The van der Waals surface area contributed by atoms with E-state index < -0.39 is 0 Å². The van der Waals surface area contributed by atoms with Crippen LogP contribution in [-0.4, -0.2) is 34.9 Å². The number of halogens is 1. The third-order valence-corrected chi connectivity index (χ3v) is 4.17. The standard InChI is InChI=1S/C17H20FN3O2/c1-17(7-2-3-8-23-17)11-19-16(22)14-10-20-21-15(14)12-5-4-6-13(18)9-12/h4-6,9-10H,2-3,7-8,11H2,1H3,(H,19,22)(H,20,21). The Morgan fingerprint density at radius 2 is 2.35 bits per heavy atom. The number of aromatic nitrogens is 2. The van der Waals surface area contributed by atoms with Gasteiger partial charge in [0.15, 0.2) is 0 Å². The number of rotatable bonds is 4. The Balaban J connectivity index is 1.72. The van der Waals surface area contributed by atoms with Gasteiger partial charge in [-0.1, -0.05) is 12.1 Å². The summed E-state index contributed by atoms with van der Waals surface area (Å²) >= 11 is 0. The van der Waals surface area contributed by atoms with Crippen LogP contribution in [0.3, 0.4) is 0 Å². The number of nitrogens with zero attached hydrogens (tertiary/aromatic N) is 1. The van der Waals surface area contributed by atoms with E-state index in [-0.39, 0.29) is 17.3 Å². The monoisotopic (exact) mass is 317 g/mol. The summed E-state index contributed by atoms with van der Waals surface area (Å²) in [6.45, 7) is 3.18. The molecule has 1 saturated heterocycles. The number of H-pyrrole nitrogens is 1. The van der Waals surface area contributed by atoms with Crippen molar-refractivity contribution < 1.29 is 13.9 Å². The minimum absolute atomic E-state index is 0.242. The molecule has 0 spiro atoms. The first-order valence-electron chi connectivity index (χ1n) is 7.79. The van der Waals surface area contributed by atoms with Crippen LogP contribution in [0.15, 0.2) is 30.5 Å². The van der Waals surface area contributed by atoms with E-state index in [0.29, 0.717) is 23.4 Å². The van der Waals surface area contributed by atoms with E-state index in [0.717, 1.165) is 25.9 Å². The van der Waals surface area contributed by atoms with Crippen LogP contribution in [-0.2, 0) is 4.74 Å². The van der Waals surface area contributed by atoms with Crippen LogP contribution in [0.5, 0.6) is 0 Å². The fourth-order valence-corrected chi connectivity index (χ4v) is 2.82. The Labute approximate surface area is 134 Å². The van der Waals surface area contributed by atoms with Gasteiger partial charge in [-0.05, 0) is 38.3 Å². The molecular formula is C17H20FN3O2. The van der Waals surface area contributed by atoms with Gasteiger partial charge in [0.25, 0.3) is 5.91 Å². The predicted molar refractivity (Wildman–Crippen MR) is 84.5 cm³/mol. The van der Waals surface area contributed by atoms with Gasteiger partial charge in [0, 0.05) is 18.7 Å². The van der Waals surface area contributed by atoms with E-state index in [2.05, 4.69) is 15.5 Å². The number of carbonyl (C=O) groups is 1. The number of hydrogen-bond acceptors (Lipinski definition) is 3. The molecule has 1 atom stereocenters. The Kier molecular flexibility index (Phi) is 4.43. The van der Waals surface area contributed by atoms with Crippen LogP contribution < -0.4 is 5.32 Å². The normalized spacial score (nSPS) is 21.1. The highest BCUT2D eigenvalue weighted by Gasteiger charge is 2.29. The molecule has 122 valence electrons. The van der Waals surface area contributed by atoms with E-state index in [4.69, 9.17) is 4.74 Å². The molecule has 0 aliphatic carbocycles. The zero-order valence-corrected chi connectivity index (χ0v) is 13.1. The van der Waals surface area contributed by atoms with Gasteiger partial charge >= 0.3 is 0 Å². The second-order valence-electron chi connectivity index (χ2n) is 6.11. The lowest BCUT2D eigenvalue weighted by Crippen LogP contribution is -2.44. The molecule has 5 nitrogen and oxygen atoms in total. The lowest BCUT2D eigenvalue weighted by molar-refractivity contribution is -0.0618. The van der Waals surface area contributed by atoms with Crippen LogP contribution in [0.2, 0.25) is 0 Å². The van der Waals surface area contributed by atoms with Crippen LogP contribution >= 0.6 is 0 Å². The van der Waals surface area contributed by atoms with Gasteiger partial charge in [0.05, 0.1) is 23.1 Å². The van der Waals surface area contributed by atoms with Crippen molar-refractivity contribution >= 4 is 5.91 Å². The van der Waals surface area contributed by atoms with Crippen LogP contribution in [0.1, 0.15) is 36.5 Å². The number of carbonyl (C=O) groups excluding carboxylic acids is 1. The smallest absolute Gasteiger partial charge is 0.255 e. The first-order chi connectivity index (χ1) is 11.1. The van der Waals surface area contributed by atoms with Crippen molar-refractivity contribution in [1.29, 1.82) is 0 Å². The fraction of sp³-hybridized carbons (Fsp3) is 0.412. The van der Waals surface area contributed by atoms with Crippen molar-refractivity contribution in [3.63, 3.8) is 0 Å². The van der Waals surface area contributed by atoms with Gasteiger partial charge in [-0.3, -0.25) is 9.89 Å². The predicted octanol–water partition coefficient (Wildman–Crippen LogP) is 2.90. The van der Waals surface area contributed by atoms with Crippen molar-refractivity contribution in [2.75, 3.05) is 13.2 Å². The first kappa shape index (κ1) is 15.7. The highest BCUT2D eigenvalue weighted by atomic mass is 19.1. The average molecular weight is 317 g/mol. The largest absolute Gasteiger partial charge is 0.373 e. The third kappa shape index (κ3) is 3.59. The lowest BCUT2D eigenvalue weighted by atomic mass is 9.96. The summed E-state index contributed by atoms with van der Waals surface area (Å²) in [4.78, 5) is 12.4. The molecule has 1 amide bonds. The highest BCUT2D eigenvalue weighted by Crippen LogP contribution is 2.25. The zero-order valence-electron chi connectivity index (χ0n) is 13.1. The maximum absolute atomic E-state index is 13.4. The van der Waals surface area contributed by atoms with Crippen molar-refractivity contribution in [3.8, 4) is 11.3 Å². The van der Waals surface area contributed by atoms with Crippen molar-refractivity contribution in [1.82, 2.24) is 15.5 Å². The first-order valence-corrected chi connectivity index (χ1v) is 7.79. The van der Waals surface area contributed by atoms with E-state index in [1.54, 1.807) is 12.1 Å². The molecule has 1 aliphatic heterocycles. The van der Waals surface area contributed by atoms with Gasteiger partial charge in [0.2, 0.25) is 0 Å². The second kappa shape index (κ2) is 6.50. The molecule has 23 heavy (non-hydrogen) atoms. The molecular weight excluding hydrogens is 297 g/mol. The quantitative estimate of drug-likeness (QED) is 0.911. The summed E-state index contributed by atoms with van der Waals surface area (Å²) in [5, 5.41) is 9.59. The fourth-order valence-electron chi connectivity index (χ4n) is 2.82. The molecule has 0 bridgehead atoms. The molecule has 2 N–H and O–H groups in total. The van der Waals surface area contributed by atoms with Crippen molar-refractivity contribution in [2.24, 2.45) is 0 Å². The number of benzene rings is 1. The molecule has 6 heteroatoms. The number of aromatic amines is 1. The SMILES string of the molecule is CC1(CNC(=O)c2cn[nH]c2-c2cccc(F)c2)CCCCO1. The highest BCUT2D eigenvalue weighted by molar-refractivity contribution is 5.99. The van der Waals surface area contributed by atoms with E-state index in [1.807, 2.05) is 6.92 Å². The minimum atomic E-state index is -0.355. The third-order valence-electron chi connectivity index (χ3n) is 4.17. The lowest BCUT2D eigenvalue weighted by Gasteiger charge is -2.33. The van der Waals surface area contributed by atoms with Gasteiger partial charge in [-0.25, -0.2) is 4.39 Å². The number of ether oxygens (including phenoxy) is 1. The van der Waals surface area contributed by atoms with E-state index in [9.17, 15) is 9.18 Å². The topological polar surface area (TPSA) is 67.0 Å². The second-order valence-corrected chi connectivity index (χ2v) is 6.11. The molecule has 2 aromatic rings. The summed E-state index contributed by atoms with van der Waals surface area (Å²) < 4.78 is 19.2. The van der Waals surface area contributed by atoms with Crippen molar-refractivity contribution in [3.05, 3.63) is 41.8 Å². The minimum Gasteiger partial charge on any atom is -0.373 e. The molecule has 1 fully saturated rings. The van der Waals surface area contributed by atoms with Gasteiger partial charge < -0.3 is 10.1 Å². The number of amides is 1. The molecule has 2 heterocycles. The van der Waals surface area contributed by atoms with Gasteiger partial charge in [0.1, 0.15) is 5.82 Å². The molecule has 1 aromatic heterocycles. The molecule has 1 aromatic carbocycles. The zero-order chi connectivity index (χ0) is 16.3.